The molecule has 2 aromatic rings. The second-order valence-corrected chi connectivity index (χ2v) is 6.10. The van der Waals surface area contributed by atoms with E-state index in [-0.39, 0.29) is 5.41 Å². The van der Waals surface area contributed by atoms with Gasteiger partial charge in [0, 0.05) is 29.9 Å². The van der Waals surface area contributed by atoms with Crippen molar-refractivity contribution in [2.75, 3.05) is 0 Å². The highest BCUT2D eigenvalue weighted by Crippen LogP contribution is 2.36. The lowest BCUT2D eigenvalue weighted by atomic mass is 9.86. The van der Waals surface area contributed by atoms with Crippen LogP contribution in [0.1, 0.15) is 51.8 Å². The first-order valence-corrected chi connectivity index (χ1v) is 6.27. The smallest absolute Gasteiger partial charge is 0.0918 e. The van der Waals surface area contributed by atoms with E-state index in [1.54, 1.807) is 0 Å². The summed E-state index contributed by atoms with van der Waals surface area (Å²) in [4.78, 5) is 4.58. The van der Waals surface area contributed by atoms with E-state index in [9.17, 15) is 0 Å². The summed E-state index contributed by atoms with van der Waals surface area (Å²) in [5, 5.41) is 0. The summed E-state index contributed by atoms with van der Waals surface area (Å²) in [7, 11) is 2.15. The highest BCUT2D eigenvalue weighted by molar-refractivity contribution is 5.82. The van der Waals surface area contributed by atoms with Crippen LogP contribution in [-0.2, 0) is 12.5 Å². The van der Waals surface area contributed by atoms with E-state index in [0.29, 0.717) is 5.92 Å². The van der Waals surface area contributed by atoms with Crippen molar-refractivity contribution < 1.29 is 0 Å². The maximum Gasteiger partial charge on any atom is 0.0918 e. The van der Waals surface area contributed by atoms with Gasteiger partial charge in [0.05, 0.1) is 11.0 Å². The van der Waals surface area contributed by atoms with E-state index in [2.05, 4.69) is 57.3 Å². The van der Waals surface area contributed by atoms with Crippen LogP contribution in [0.3, 0.4) is 0 Å². The Bertz CT molecular complexity index is 542. The lowest BCUT2D eigenvalue weighted by molar-refractivity contribution is 0.535. The van der Waals surface area contributed by atoms with Crippen molar-refractivity contribution in [2.24, 2.45) is 7.05 Å². The Morgan fingerprint density at radius 1 is 1.24 bits per heavy atom. The van der Waals surface area contributed by atoms with Crippen LogP contribution in [0.25, 0.3) is 11.0 Å². The third-order valence-corrected chi connectivity index (χ3v) is 3.28. The summed E-state index contributed by atoms with van der Waals surface area (Å²) in [6.07, 6.45) is 1.89. The second-order valence-electron chi connectivity index (χ2n) is 6.10. The summed E-state index contributed by atoms with van der Waals surface area (Å²) in [5.41, 5.74) is 5.35. The van der Waals surface area contributed by atoms with Crippen molar-refractivity contribution in [1.29, 1.82) is 0 Å². The molecule has 0 N–H and O–H groups in total. The maximum atomic E-state index is 4.58. The van der Waals surface area contributed by atoms with Crippen LogP contribution >= 0.6 is 0 Å². The molecule has 2 heterocycles. The SMILES string of the molecule is CC(C)c1c(C(C)(C)C)n(C)c2cccnc12. The van der Waals surface area contributed by atoms with Gasteiger partial charge in [-0.1, -0.05) is 34.6 Å². The number of hydrogen-bond donors (Lipinski definition) is 0. The van der Waals surface area contributed by atoms with Crippen molar-refractivity contribution in [2.45, 2.75) is 46.0 Å². The summed E-state index contributed by atoms with van der Waals surface area (Å²) in [5.74, 6) is 0.503. The van der Waals surface area contributed by atoms with E-state index in [1.807, 2.05) is 12.3 Å². The molecule has 17 heavy (non-hydrogen) atoms. The fourth-order valence-corrected chi connectivity index (χ4v) is 2.74. The van der Waals surface area contributed by atoms with Gasteiger partial charge in [-0.15, -0.1) is 0 Å². The monoisotopic (exact) mass is 230 g/mol. The molecule has 2 aromatic heterocycles. The van der Waals surface area contributed by atoms with Gasteiger partial charge in [0.2, 0.25) is 0 Å². The van der Waals surface area contributed by atoms with E-state index >= 15 is 0 Å². The number of fused-ring (bicyclic) bond motifs is 1. The molecule has 0 fully saturated rings. The number of aromatic nitrogens is 2. The molecule has 0 atom stereocenters. The van der Waals surface area contributed by atoms with Gasteiger partial charge in [-0.3, -0.25) is 4.98 Å². The molecule has 2 nitrogen and oxygen atoms in total. The Kier molecular flexibility index (Phi) is 2.76. The molecule has 92 valence electrons. The predicted molar refractivity (Wildman–Crippen MR) is 73.5 cm³/mol. The molecular weight excluding hydrogens is 208 g/mol. The Morgan fingerprint density at radius 3 is 2.41 bits per heavy atom. The fraction of sp³-hybridized carbons (Fsp3) is 0.533. The van der Waals surface area contributed by atoms with Crippen LogP contribution in [0.4, 0.5) is 0 Å². The Morgan fingerprint density at radius 2 is 1.88 bits per heavy atom. The van der Waals surface area contributed by atoms with Gasteiger partial charge in [-0.05, 0) is 18.1 Å². The zero-order valence-corrected chi connectivity index (χ0v) is 11.7. The lowest BCUT2D eigenvalue weighted by Gasteiger charge is -2.23. The first-order valence-electron chi connectivity index (χ1n) is 6.27. The van der Waals surface area contributed by atoms with Crippen LogP contribution in [0.5, 0.6) is 0 Å². The first kappa shape index (κ1) is 12.2. The second kappa shape index (κ2) is 3.86. The van der Waals surface area contributed by atoms with Gasteiger partial charge < -0.3 is 4.57 Å². The van der Waals surface area contributed by atoms with E-state index in [4.69, 9.17) is 0 Å². The minimum atomic E-state index is 0.148. The largest absolute Gasteiger partial charge is 0.346 e. The van der Waals surface area contributed by atoms with Crippen molar-refractivity contribution in [3.05, 3.63) is 29.6 Å². The molecular formula is C15H22N2. The summed E-state index contributed by atoms with van der Waals surface area (Å²) in [6, 6.07) is 4.17. The topological polar surface area (TPSA) is 17.8 Å². The van der Waals surface area contributed by atoms with Crippen molar-refractivity contribution in [3.63, 3.8) is 0 Å². The van der Waals surface area contributed by atoms with Crippen LogP contribution < -0.4 is 0 Å². The number of hydrogen-bond acceptors (Lipinski definition) is 1. The Labute approximate surface area is 104 Å². The quantitative estimate of drug-likeness (QED) is 0.724. The fourth-order valence-electron chi connectivity index (χ4n) is 2.74. The molecule has 0 spiro atoms. The highest BCUT2D eigenvalue weighted by atomic mass is 15.0. The molecule has 0 saturated carbocycles. The van der Waals surface area contributed by atoms with Gasteiger partial charge >= 0.3 is 0 Å². The molecule has 2 rings (SSSR count). The molecule has 0 saturated heterocycles. The maximum absolute atomic E-state index is 4.58. The number of pyridine rings is 1. The zero-order valence-electron chi connectivity index (χ0n) is 11.7. The van der Waals surface area contributed by atoms with Crippen molar-refractivity contribution >= 4 is 11.0 Å². The molecule has 0 amide bonds. The van der Waals surface area contributed by atoms with Crippen LogP contribution in [0, 0.1) is 0 Å². The predicted octanol–water partition coefficient (Wildman–Crippen LogP) is 3.99. The molecule has 0 unspecified atom stereocenters. The van der Waals surface area contributed by atoms with Gasteiger partial charge in [-0.2, -0.15) is 0 Å². The number of rotatable bonds is 1. The summed E-state index contributed by atoms with van der Waals surface area (Å²) < 4.78 is 2.30. The third-order valence-electron chi connectivity index (χ3n) is 3.28. The van der Waals surface area contributed by atoms with Crippen molar-refractivity contribution in [3.8, 4) is 0 Å². The standard InChI is InChI=1S/C15H22N2/c1-10(2)12-13-11(8-7-9-16-13)17(6)14(12)15(3,4)5/h7-10H,1-6H3. The summed E-state index contributed by atoms with van der Waals surface area (Å²) in [6.45, 7) is 11.3. The molecule has 0 aliphatic heterocycles. The first-order chi connectivity index (χ1) is 7.84. The van der Waals surface area contributed by atoms with Crippen LogP contribution in [-0.4, -0.2) is 9.55 Å². The molecule has 0 aliphatic carbocycles. The lowest BCUT2D eigenvalue weighted by Crippen LogP contribution is -2.18. The zero-order chi connectivity index (χ0) is 12.8. The molecule has 0 bridgehead atoms. The van der Waals surface area contributed by atoms with Gasteiger partial charge in [0.15, 0.2) is 0 Å². The van der Waals surface area contributed by atoms with E-state index in [0.717, 1.165) is 5.52 Å². The summed E-state index contributed by atoms with van der Waals surface area (Å²) >= 11 is 0. The van der Waals surface area contributed by atoms with E-state index < -0.39 is 0 Å². The molecule has 0 aliphatic rings. The molecule has 0 aromatic carbocycles. The average Bonchev–Trinajstić information content (AvgIpc) is 2.52. The van der Waals surface area contributed by atoms with Gasteiger partial charge in [0.25, 0.3) is 0 Å². The average molecular weight is 230 g/mol. The highest BCUT2D eigenvalue weighted by Gasteiger charge is 2.26. The number of aryl methyl sites for hydroxylation is 1. The molecule has 2 heteroatoms. The molecule has 0 radical (unpaired) electrons. The van der Waals surface area contributed by atoms with Gasteiger partial charge in [-0.25, -0.2) is 0 Å². The van der Waals surface area contributed by atoms with Crippen LogP contribution in [0.15, 0.2) is 18.3 Å². The van der Waals surface area contributed by atoms with Crippen molar-refractivity contribution in [1.82, 2.24) is 9.55 Å². The Balaban J connectivity index is 2.91. The minimum Gasteiger partial charge on any atom is -0.346 e. The third kappa shape index (κ3) is 1.86. The van der Waals surface area contributed by atoms with E-state index in [1.165, 1.54) is 16.8 Å². The minimum absolute atomic E-state index is 0.148. The normalized spacial score (nSPS) is 12.6. The van der Waals surface area contributed by atoms with Gasteiger partial charge in [0.1, 0.15) is 0 Å². The Hall–Kier alpha value is -1.31. The van der Waals surface area contributed by atoms with Crippen LogP contribution in [0.2, 0.25) is 0 Å². The number of nitrogens with zero attached hydrogens (tertiary/aromatic N) is 2.